The Balaban J connectivity index is 1.37. The van der Waals surface area contributed by atoms with Gasteiger partial charge in [0.1, 0.15) is 11.5 Å². The Kier molecular flexibility index (Phi) is 15.3. The molecule has 0 aromatic heterocycles. The molecule has 0 fully saturated rings. The Morgan fingerprint density at radius 1 is 0.415 bits per heavy atom. The van der Waals surface area contributed by atoms with Crippen molar-refractivity contribution in [2.45, 2.75) is 71.9 Å². The van der Waals surface area contributed by atoms with Gasteiger partial charge in [0.25, 0.3) is 0 Å². The molecule has 0 aliphatic heterocycles. The van der Waals surface area contributed by atoms with E-state index in [1.54, 1.807) is 0 Å². The number of fused-ring (bicyclic) bond motifs is 3. The van der Waals surface area contributed by atoms with Crippen LogP contribution in [-0.4, -0.2) is 70.5 Å². The molecule has 0 amide bonds. The zero-order chi connectivity index (χ0) is 37.6. The fourth-order valence-electron chi connectivity index (χ4n) is 7.59. The maximum Gasteiger partial charge on any atom is 0.501 e. The van der Waals surface area contributed by atoms with E-state index in [-0.39, 0.29) is 0 Å². The summed E-state index contributed by atoms with van der Waals surface area (Å²) < 4.78 is 48.7. The van der Waals surface area contributed by atoms with E-state index in [1.807, 2.05) is 41.5 Å². The standard InChI is InChI=1S/C43H58O8Si2/c1-7-46-52(47-8-2,48-9-3)33-17-31-44-37-27-23-35(24-28-37)43(41-21-15-13-19-39(41)40-20-14-16-22-42(40)43)36-25-29-38(30-26-36)45-32-18-34-53(49-10-4,50-11-5)51-12-6/h13-16,19-30H,7-12,17-18,31-34H2,1-6H3. The normalized spacial score (nSPS) is 13.5. The SMILES string of the molecule is CCO[Si](CCCOc1ccc(C2(c3ccc(OCCC[Si](OCC)(OCC)OCC)cc3)c3ccccc3-c3ccccc32)cc1)(OCC)OCC. The first-order valence-corrected chi connectivity index (χ1v) is 23.3. The summed E-state index contributed by atoms with van der Waals surface area (Å²) in [6.07, 6.45) is 1.56. The quantitative estimate of drug-likeness (QED) is 0.0455. The van der Waals surface area contributed by atoms with Crippen molar-refractivity contribution in [1.82, 2.24) is 0 Å². The number of rotatable bonds is 24. The second-order valence-electron chi connectivity index (χ2n) is 12.8. The third-order valence-electron chi connectivity index (χ3n) is 9.50. The molecule has 286 valence electrons. The predicted molar refractivity (Wildman–Crippen MR) is 215 cm³/mol. The molecule has 0 radical (unpaired) electrons. The van der Waals surface area contributed by atoms with Crippen LogP contribution in [0.4, 0.5) is 0 Å². The van der Waals surface area contributed by atoms with Crippen molar-refractivity contribution in [2.24, 2.45) is 0 Å². The molecule has 4 aromatic rings. The lowest BCUT2D eigenvalue weighted by molar-refractivity contribution is 0.0689. The molecule has 0 saturated carbocycles. The molecular formula is C43H58O8Si2. The molecule has 8 nitrogen and oxygen atoms in total. The second kappa shape index (κ2) is 19.8. The van der Waals surface area contributed by atoms with E-state index in [1.165, 1.54) is 33.4 Å². The second-order valence-corrected chi connectivity index (χ2v) is 18.2. The Morgan fingerprint density at radius 2 is 0.736 bits per heavy atom. The van der Waals surface area contributed by atoms with Crippen LogP contribution in [0.3, 0.4) is 0 Å². The van der Waals surface area contributed by atoms with E-state index in [4.69, 9.17) is 36.0 Å². The van der Waals surface area contributed by atoms with Gasteiger partial charge in [0.15, 0.2) is 0 Å². The van der Waals surface area contributed by atoms with Crippen LogP contribution in [0.1, 0.15) is 76.6 Å². The molecule has 0 bridgehead atoms. The van der Waals surface area contributed by atoms with E-state index in [2.05, 4.69) is 97.1 Å². The number of hydrogen-bond donors (Lipinski definition) is 0. The highest BCUT2D eigenvalue weighted by atomic mass is 28.4. The van der Waals surface area contributed by atoms with Gasteiger partial charge in [-0.15, -0.1) is 0 Å². The molecule has 0 saturated heterocycles. The molecule has 0 unspecified atom stereocenters. The molecule has 4 aromatic carbocycles. The maximum absolute atomic E-state index is 6.27. The van der Waals surface area contributed by atoms with Gasteiger partial charge in [-0.1, -0.05) is 72.8 Å². The highest BCUT2D eigenvalue weighted by molar-refractivity contribution is 6.61. The van der Waals surface area contributed by atoms with Crippen LogP contribution in [0.15, 0.2) is 97.1 Å². The summed E-state index contributed by atoms with van der Waals surface area (Å²) in [4.78, 5) is 0. The van der Waals surface area contributed by atoms with Crippen molar-refractivity contribution in [3.63, 3.8) is 0 Å². The van der Waals surface area contributed by atoms with Gasteiger partial charge in [-0.2, -0.15) is 0 Å². The minimum Gasteiger partial charge on any atom is -0.494 e. The third-order valence-corrected chi connectivity index (χ3v) is 15.8. The topological polar surface area (TPSA) is 73.8 Å². The van der Waals surface area contributed by atoms with Crippen LogP contribution in [0.5, 0.6) is 11.5 Å². The summed E-state index contributed by atoms with van der Waals surface area (Å²) in [5.41, 5.74) is 6.86. The van der Waals surface area contributed by atoms with Crippen LogP contribution in [0.2, 0.25) is 12.1 Å². The first kappa shape index (κ1) is 40.9. The van der Waals surface area contributed by atoms with Crippen LogP contribution in [-0.2, 0) is 32.0 Å². The minimum atomic E-state index is -2.71. The summed E-state index contributed by atoms with van der Waals surface area (Å²) >= 11 is 0. The molecule has 53 heavy (non-hydrogen) atoms. The molecule has 0 N–H and O–H groups in total. The van der Waals surface area contributed by atoms with Gasteiger partial charge >= 0.3 is 17.6 Å². The van der Waals surface area contributed by atoms with E-state index in [0.717, 1.165) is 24.3 Å². The molecule has 5 rings (SSSR count). The van der Waals surface area contributed by atoms with Crippen molar-refractivity contribution >= 4 is 17.6 Å². The highest BCUT2D eigenvalue weighted by Gasteiger charge is 2.46. The summed E-state index contributed by atoms with van der Waals surface area (Å²) in [5.74, 6) is 1.66. The van der Waals surface area contributed by atoms with Gasteiger partial charge < -0.3 is 36.0 Å². The molecule has 1 aliphatic carbocycles. The lowest BCUT2D eigenvalue weighted by Crippen LogP contribution is -2.46. The number of ether oxygens (including phenoxy) is 2. The summed E-state index contributed by atoms with van der Waals surface area (Å²) in [6.45, 7) is 16.4. The summed E-state index contributed by atoms with van der Waals surface area (Å²) in [7, 11) is -5.42. The lowest BCUT2D eigenvalue weighted by Gasteiger charge is -2.34. The van der Waals surface area contributed by atoms with Crippen molar-refractivity contribution in [3.05, 3.63) is 119 Å². The summed E-state index contributed by atoms with van der Waals surface area (Å²) in [5, 5.41) is 0. The van der Waals surface area contributed by atoms with E-state index in [9.17, 15) is 0 Å². The predicted octanol–water partition coefficient (Wildman–Crippen LogP) is 9.68. The van der Waals surface area contributed by atoms with Gasteiger partial charge in [0.2, 0.25) is 0 Å². The van der Waals surface area contributed by atoms with Crippen molar-refractivity contribution in [3.8, 4) is 22.6 Å². The fourth-order valence-corrected chi connectivity index (χ4v) is 12.7. The van der Waals surface area contributed by atoms with Gasteiger partial charge in [-0.3, -0.25) is 0 Å². The Bertz CT molecular complexity index is 1520. The minimum absolute atomic E-state index is 0.514. The lowest BCUT2D eigenvalue weighted by atomic mass is 9.68. The molecule has 1 aliphatic rings. The first-order valence-electron chi connectivity index (χ1n) is 19.4. The molecule has 0 spiro atoms. The smallest absolute Gasteiger partial charge is 0.494 e. The van der Waals surface area contributed by atoms with Crippen molar-refractivity contribution in [2.75, 3.05) is 52.9 Å². The van der Waals surface area contributed by atoms with E-state index in [0.29, 0.717) is 64.9 Å². The first-order chi connectivity index (χ1) is 25.9. The van der Waals surface area contributed by atoms with Gasteiger partial charge in [0, 0.05) is 51.7 Å². The van der Waals surface area contributed by atoms with Crippen LogP contribution < -0.4 is 9.47 Å². The molecule has 10 heteroatoms. The average molecular weight is 759 g/mol. The Labute approximate surface area is 319 Å². The largest absolute Gasteiger partial charge is 0.501 e. The van der Waals surface area contributed by atoms with Gasteiger partial charge in [0.05, 0.1) is 18.6 Å². The molecule has 0 atom stereocenters. The third kappa shape index (κ3) is 9.32. The molecular weight excluding hydrogens is 701 g/mol. The van der Waals surface area contributed by atoms with E-state index < -0.39 is 23.0 Å². The Hall–Kier alpha value is -3.33. The average Bonchev–Trinajstić information content (AvgIpc) is 3.47. The van der Waals surface area contributed by atoms with Crippen LogP contribution in [0, 0.1) is 0 Å². The van der Waals surface area contributed by atoms with Gasteiger partial charge in [-0.05, 0) is 112 Å². The molecule has 0 heterocycles. The zero-order valence-electron chi connectivity index (χ0n) is 32.5. The number of hydrogen-bond acceptors (Lipinski definition) is 8. The Morgan fingerprint density at radius 3 is 1.06 bits per heavy atom. The number of benzene rings is 4. The summed E-state index contributed by atoms with van der Waals surface area (Å²) in [6, 6.07) is 36.2. The van der Waals surface area contributed by atoms with Crippen LogP contribution in [0.25, 0.3) is 11.1 Å². The highest BCUT2D eigenvalue weighted by Crippen LogP contribution is 2.56. The zero-order valence-corrected chi connectivity index (χ0v) is 34.5. The van der Waals surface area contributed by atoms with Crippen molar-refractivity contribution < 1.29 is 36.0 Å². The van der Waals surface area contributed by atoms with Crippen LogP contribution >= 0.6 is 0 Å². The monoisotopic (exact) mass is 758 g/mol. The van der Waals surface area contributed by atoms with Crippen molar-refractivity contribution in [1.29, 1.82) is 0 Å². The maximum atomic E-state index is 6.27. The van der Waals surface area contributed by atoms with E-state index >= 15 is 0 Å². The fraction of sp³-hybridized carbons (Fsp3) is 0.442. The van der Waals surface area contributed by atoms with Gasteiger partial charge in [-0.25, -0.2) is 0 Å².